The number of hydrogen-bond donors (Lipinski definition) is 4. The fourth-order valence-corrected chi connectivity index (χ4v) is 4.96. The van der Waals surface area contributed by atoms with E-state index in [9.17, 15) is 14.7 Å². The van der Waals surface area contributed by atoms with Crippen LogP contribution in [0.4, 0.5) is 0 Å². The fraction of sp³-hybridized carbons (Fsp3) is 0.211. The Hall–Kier alpha value is -4.82. The van der Waals surface area contributed by atoms with E-state index in [1.54, 1.807) is 21.0 Å². The summed E-state index contributed by atoms with van der Waals surface area (Å²) in [4.78, 5) is 30.1. The van der Waals surface area contributed by atoms with Gasteiger partial charge in [-0.1, -0.05) is 84.9 Å². The summed E-state index contributed by atoms with van der Waals surface area (Å²) in [5, 5.41) is 20.2. The van der Waals surface area contributed by atoms with Gasteiger partial charge in [-0.05, 0) is 85.0 Å². The summed E-state index contributed by atoms with van der Waals surface area (Å²) in [5.74, 6) is 0. The Morgan fingerprint density at radius 1 is 0.578 bits per heavy atom. The number of aromatic nitrogens is 2. The molecule has 0 aliphatic carbocycles. The van der Waals surface area contributed by atoms with E-state index in [0.29, 0.717) is 10.8 Å². The van der Waals surface area contributed by atoms with E-state index in [0.717, 1.165) is 51.5 Å². The summed E-state index contributed by atoms with van der Waals surface area (Å²) >= 11 is 0. The number of ether oxygens (including phenoxy) is 1. The summed E-state index contributed by atoms with van der Waals surface area (Å²) in [6, 6.07) is 34.8. The number of hydrogen-bond acceptors (Lipinski definition) is 5. The molecule has 2 heterocycles. The van der Waals surface area contributed by atoms with Gasteiger partial charge in [0, 0.05) is 36.4 Å². The van der Waals surface area contributed by atoms with Crippen molar-refractivity contribution in [1.29, 1.82) is 0 Å². The Kier molecular flexibility index (Phi) is 10.2. The minimum absolute atomic E-state index is 0.0607. The van der Waals surface area contributed by atoms with Gasteiger partial charge in [0.15, 0.2) is 0 Å². The van der Waals surface area contributed by atoms with Crippen LogP contribution in [0.2, 0.25) is 0 Å². The molecule has 0 spiro atoms. The summed E-state index contributed by atoms with van der Waals surface area (Å²) in [6.07, 6.45) is 0. The van der Waals surface area contributed by atoms with Gasteiger partial charge in [0.25, 0.3) is 11.1 Å². The van der Waals surface area contributed by atoms with Crippen molar-refractivity contribution in [3.8, 4) is 22.5 Å². The molecule has 0 bridgehead atoms. The lowest BCUT2D eigenvalue weighted by Crippen LogP contribution is -2.19. The number of aromatic amines is 2. The van der Waals surface area contributed by atoms with Crippen LogP contribution < -0.4 is 11.1 Å². The maximum absolute atomic E-state index is 12.2. The molecule has 0 amide bonds. The molecule has 4 aromatic carbocycles. The molecule has 7 heteroatoms. The monoisotopic (exact) mass is 604 g/mol. The van der Waals surface area contributed by atoms with Crippen molar-refractivity contribution in [2.45, 2.75) is 38.9 Å². The van der Waals surface area contributed by atoms with Crippen LogP contribution in [0.15, 0.2) is 119 Å². The number of aliphatic hydroxyl groups excluding tert-OH is 1. The highest BCUT2D eigenvalue weighted by molar-refractivity contribution is 5.86. The standard InChI is InChI=1S/C19H19NO2.C18H17NO2.CH4O/c1-19(2,22-3)15-10-8-13(9-11-15)17-12-14-6-4-5-7-16(14)18(21)20-17;1-18(2,21)14-9-7-12(8-10-14)16-11-13-5-3-4-6-15(13)17(20)19-16;1-2/h4-12H,1-3H3,(H,20,21);3-11,21H,1-2H3,(H,19,20);2H,1H3. The van der Waals surface area contributed by atoms with E-state index < -0.39 is 5.60 Å². The molecular weight excluding hydrogens is 564 g/mol. The molecule has 0 saturated heterocycles. The molecular formula is C38H40N2O5. The minimum Gasteiger partial charge on any atom is -0.400 e. The number of rotatable bonds is 5. The second-order valence-electron chi connectivity index (χ2n) is 11.6. The number of aliphatic hydroxyl groups is 2. The molecule has 4 N–H and O–H groups in total. The average molecular weight is 605 g/mol. The number of H-pyrrole nitrogens is 2. The predicted octanol–water partition coefficient (Wildman–Crippen LogP) is 7.11. The van der Waals surface area contributed by atoms with Crippen LogP contribution in [-0.2, 0) is 15.9 Å². The zero-order chi connectivity index (χ0) is 32.8. The predicted molar refractivity (Wildman–Crippen MR) is 183 cm³/mol. The van der Waals surface area contributed by atoms with E-state index in [1.807, 2.05) is 123 Å². The molecule has 6 rings (SSSR count). The number of methoxy groups -OCH3 is 1. The quantitative estimate of drug-likeness (QED) is 0.167. The van der Waals surface area contributed by atoms with E-state index in [4.69, 9.17) is 9.84 Å². The summed E-state index contributed by atoms with van der Waals surface area (Å²) in [7, 11) is 2.70. The Morgan fingerprint density at radius 3 is 1.33 bits per heavy atom. The highest BCUT2D eigenvalue weighted by Crippen LogP contribution is 2.27. The lowest BCUT2D eigenvalue weighted by atomic mass is 9.96. The van der Waals surface area contributed by atoms with Gasteiger partial charge < -0.3 is 24.9 Å². The fourth-order valence-electron chi connectivity index (χ4n) is 4.96. The van der Waals surface area contributed by atoms with Crippen molar-refractivity contribution in [3.05, 3.63) is 141 Å². The molecule has 0 radical (unpaired) electrons. The Morgan fingerprint density at radius 2 is 0.956 bits per heavy atom. The second kappa shape index (κ2) is 13.9. The number of pyridine rings is 2. The van der Waals surface area contributed by atoms with E-state index in [1.165, 1.54) is 0 Å². The molecule has 6 aromatic rings. The van der Waals surface area contributed by atoms with Gasteiger partial charge in [0.05, 0.1) is 11.2 Å². The largest absolute Gasteiger partial charge is 0.400 e. The van der Waals surface area contributed by atoms with Gasteiger partial charge in [-0.25, -0.2) is 0 Å². The number of fused-ring (bicyclic) bond motifs is 2. The summed E-state index contributed by atoms with van der Waals surface area (Å²) < 4.78 is 5.49. The Bertz CT molecular complexity index is 2000. The zero-order valence-corrected chi connectivity index (χ0v) is 26.5. The van der Waals surface area contributed by atoms with E-state index >= 15 is 0 Å². The van der Waals surface area contributed by atoms with Gasteiger partial charge in [0.2, 0.25) is 0 Å². The average Bonchev–Trinajstić information content (AvgIpc) is 3.06. The zero-order valence-electron chi connectivity index (χ0n) is 26.5. The normalized spacial score (nSPS) is 11.4. The smallest absolute Gasteiger partial charge is 0.256 e. The van der Waals surface area contributed by atoms with Gasteiger partial charge in [-0.3, -0.25) is 9.59 Å². The lowest BCUT2D eigenvalue weighted by molar-refractivity contribution is 0.0192. The molecule has 232 valence electrons. The molecule has 45 heavy (non-hydrogen) atoms. The molecule has 0 fully saturated rings. The molecule has 0 aliphatic rings. The van der Waals surface area contributed by atoms with Crippen molar-refractivity contribution < 1.29 is 14.9 Å². The summed E-state index contributed by atoms with van der Waals surface area (Å²) in [6.45, 7) is 7.56. The third-order valence-corrected chi connectivity index (χ3v) is 7.81. The SMILES string of the molecule is CC(C)(O)c1ccc(-c2cc3ccccc3c(=O)[nH]2)cc1.CO.COC(C)(C)c1ccc(-c2cc3ccccc3c(=O)[nH]2)cc1. The van der Waals surface area contributed by atoms with E-state index in [-0.39, 0.29) is 16.7 Å². The number of nitrogens with one attached hydrogen (secondary N) is 2. The van der Waals surface area contributed by atoms with Crippen molar-refractivity contribution in [2.75, 3.05) is 14.2 Å². The summed E-state index contributed by atoms with van der Waals surface area (Å²) in [5.41, 5.74) is 4.11. The van der Waals surface area contributed by atoms with Crippen molar-refractivity contribution in [2.24, 2.45) is 0 Å². The lowest BCUT2D eigenvalue weighted by Gasteiger charge is -2.23. The first-order valence-electron chi connectivity index (χ1n) is 14.6. The van der Waals surface area contributed by atoms with Crippen LogP contribution in [0.3, 0.4) is 0 Å². The van der Waals surface area contributed by atoms with E-state index in [2.05, 4.69) is 9.97 Å². The molecule has 0 unspecified atom stereocenters. The Labute approximate surface area is 262 Å². The molecule has 2 aromatic heterocycles. The minimum atomic E-state index is -0.866. The number of benzene rings is 4. The van der Waals surface area contributed by atoms with Crippen LogP contribution in [0.1, 0.15) is 38.8 Å². The first-order chi connectivity index (χ1) is 21.5. The first kappa shape index (κ1) is 33.1. The van der Waals surface area contributed by atoms with Gasteiger partial charge in [0.1, 0.15) is 0 Å². The van der Waals surface area contributed by atoms with Crippen LogP contribution in [0.5, 0.6) is 0 Å². The Balaban J connectivity index is 0.000000194. The molecule has 0 saturated carbocycles. The third kappa shape index (κ3) is 7.64. The maximum atomic E-state index is 12.2. The van der Waals surface area contributed by atoms with Crippen LogP contribution in [0, 0.1) is 0 Å². The highest BCUT2D eigenvalue weighted by Gasteiger charge is 2.19. The van der Waals surface area contributed by atoms with Crippen molar-refractivity contribution in [3.63, 3.8) is 0 Å². The highest BCUT2D eigenvalue weighted by atomic mass is 16.5. The molecule has 0 atom stereocenters. The van der Waals surface area contributed by atoms with Crippen LogP contribution in [0.25, 0.3) is 44.1 Å². The molecule has 7 nitrogen and oxygen atoms in total. The van der Waals surface area contributed by atoms with Crippen molar-refractivity contribution >= 4 is 21.5 Å². The third-order valence-electron chi connectivity index (χ3n) is 7.81. The second-order valence-corrected chi connectivity index (χ2v) is 11.6. The maximum Gasteiger partial charge on any atom is 0.256 e. The topological polar surface area (TPSA) is 115 Å². The van der Waals surface area contributed by atoms with Gasteiger partial charge in [-0.15, -0.1) is 0 Å². The van der Waals surface area contributed by atoms with Gasteiger partial charge in [-0.2, -0.15) is 0 Å². The van der Waals surface area contributed by atoms with Crippen molar-refractivity contribution in [1.82, 2.24) is 9.97 Å². The molecule has 0 aliphatic heterocycles. The van der Waals surface area contributed by atoms with Crippen LogP contribution in [-0.4, -0.2) is 34.4 Å². The van der Waals surface area contributed by atoms with Gasteiger partial charge >= 0.3 is 0 Å². The van der Waals surface area contributed by atoms with Crippen LogP contribution >= 0.6 is 0 Å². The first-order valence-corrected chi connectivity index (χ1v) is 14.6.